The molecule has 0 amide bonds. The van der Waals surface area contributed by atoms with Gasteiger partial charge in [-0.2, -0.15) is 0 Å². The second-order valence-corrected chi connectivity index (χ2v) is 4.94. The quantitative estimate of drug-likeness (QED) is 0.668. The van der Waals surface area contributed by atoms with Crippen LogP contribution < -0.4 is 11.2 Å². The number of nitrogen functional groups attached to an aromatic ring is 1. The van der Waals surface area contributed by atoms with Crippen molar-refractivity contribution < 1.29 is 9.63 Å². The van der Waals surface area contributed by atoms with Gasteiger partial charge in [-0.25, -0.2) is 10.3 Å². The standard InChI is InChI=1S/C14H12Cl2N2O2/c15-12-5-4-11(8-13(12)16)18-20-14(19)7-9-2-1-3-10(17)6-9/h1-6,8,18H,7,17H2. The molecule has 0 spiro atoms. The highest BCUT2D eigenvalue weighted by Crippen LogP contribution is 2.25. The van der Waals surface area contributed by atoms with Crippen LogP contribution in [0.3, 0.4) is 0 Å². The molecule has 0 aliphatic heterocycles. The van der Waals surface area contributed by atoms with Crippen LogP contribution in [0.1, 0.15) is 5.56 Å². The van der Waals surface area contributed by atoms with Crippen molar-refractivity contribution in [1.82, 2.24) is 0 Å². The minimum absolute atomic E-state index is 0.124. The van der Waals surface area contributed by atoms with Gasteiger partial charge in [0.15, 0.2) is 0 Å². The molecule has 0 bridgehead atoms. The van der Waals surface area contributed by atoms with E-state index in [1.165, 1.54) is 0 Å². The van der Waals surface area contributed by atoms with Crippen LogP contribution in [-0.2, 0) is 16.1 Å². The average Bonchev–Trinajstić information content (AvgIpc) is 2.40. The fourth-order valence-electron chi connectivity index (χ4n) is 1.58. The van der Waals surface area contributed by atoms with E-state index < -0.39 is 5.97 Å². The molecule has 4 nitrogen and oxygen atoms in total. The van der Waals surface area contributed by atoms with Crippen molar-refractivity contribution in [3.05, 3.63) is 58.1 Å². The van der Waals surface area contributed by atoms with Crippen molar-refractivity contribution in [2.75, 3.05) is 11.2 Å². The molecule has 0 atom stereocenters. The summed E-state index contributed by atoms with van der Waals surface area (Å²) in [5.74, 6) is -0.429. The third-order valence-corrected chi connectivity index (χ3v) is 3.24. The second-order valence-electron chi connectivity index (χ2n) is 4.13. The van der Waals surface area contributed by atoms with Crippen LogP contribution >= 0.6 is 23.2 Å². The lowest BCUT2D eigenvalue weighted by molar-refractivity contribution is -0.139. The van der Waals surface area contributed by atoms with Crippen molar-refractivity contribution in [2.24, 2.45) is 0 Å². The van der Waals surface area contributed by atoms with Crippen LogP contribution in [-0.4, -0.2) is 5.97 Å². The lowest BCUT2D eigenvalue weighted by atomic mass is 10.1. The lowest BCUT2D eigenvalue weighted by Crippen LogP contribution is -2.13. The van der Waals surface area contributed by atoms with Crippen LogP contribution in [0.25, 0.3) is 0 Å². The Morgan fingerprint density at radius 3 is 2.65 bits per heavy atom. The summed E-state index contributed by atoms with van der Waals surface area (Å²) in [6, 6.07) is 11.9. The van der Waals surface area contributed by atoms with Gasteiger partial charge in [0.1, 0.15) is 0 Å². The zero-order valence-electron chi connectivity index (χ0n) is 10.4. The molecule has 20 heavy (non-hydrogen) atoms. The van der Waals surface area contributed by atoms with Gasteiger partial charge in [0.05, 0.1) is 22.2 Å². The molecule has 6 heteroatoms. The molecule has 0 radical (unpaired) electrons. The maximum Gasteiger partial charge on any atom is 0.336 e. The number of nitrogens with one attached hydrogen (secondary N) is 1. The molecule has 2 aromatic rings. The van der Waals surface area contributed by atoms with Gasteiger partial charge in [0.25, 0.3) is 0 Å². The normalized spacial score (nSPS) is 10.1. The van der Waals surface area contributed by atoms with Crippen LogP contribution in [0.5, 0.6) is 0 Å². The second kappa shape index (κ2) is 6.50. The van der Waals surface area contributed by atoms with Gasteiger partial charge < -0.3 is 10.6 Å². The number of halogens is 2. The molecule has 0 heterocycles. The first-order valence-electron chi connectivity index (χ1n) is 5.80. The Kier molecular flexibility index (Phi) is 4.71. The van der Waals surface area contributed by atoms with Gasteiger partial charge in [-0.1, -0.05) is 35.3 Å². The minimum Gasteiger partial charge on any atom is -0.399 e. The van der Waals surface area contributed by atoms with Crippen molar-refractivity contribution in [3.63, 3.8) is 0 Å². The fraction of sp³-hybridized carbons (Fsp3) is 0.0714. The van der Waals surface area contributed by atoms with Crippen molar-refractivity contribution in [2.45, 2.75) is 6.42 Å². The predicted octanol–water partition coefficient (Wildman–Crippen LogP) is 3.69. The van der Waals surface area contributed by atoms with E-state index in [2.05, 4.69) is 5.48 Å². The van der Waals surface area contributed by atoms with Crippen LogP contribution in [0.15, 0.2) is 42.5 Å². The number of anilines is 2. The first-order valence-corrected chi connectivity index (χ1v) is 6.55. The van der Waals surface area contributed by atoms with Gasteiger partial charge in [-0.05, 0) is 35.9 Å². The summed E-state index contributed by atoms with van der Waals surface area (Å²) in [7, 11) is 0. The average molecular weight is 311 g/mol. The zero-order valence-corrected chi connectivity index (χ0v) is 11.9. The Morgan fingerprint density at radius 1 is 1.15 bits per heavy atom. The smallest absolute Gasteiger partial charge is 0.336 e. The molecule has 2 rings (SSSR count). The summed E-state index contributed by atoms with van der Waals surface area (Å²) < 4.78 is 0. The minimum atomic E-state index is -0.429. The van der Waals surface area contributed by atoms with E-state index in [4.69, 9.17) is 33.8 Å². The number of carbonyl (C=O) groups excluding carboxylic acids is 1. The molecule has 0 aliphatic carbocycles. The van der Waals surface area contributed by atoms with E-state index in [1.807, 2.05) is 0 Å². The maximum atomic E-state index is 11.7. The summed E-state index contributed by atoms with van der Waals surface area (Å²) in [5.41, 5.74) is 10.1. The summed E-state index contributed by atoms with van der Waals surface area (Å²) in [5, 5.41) is 0.812. The molecule has 0 saturated carbocycles. The summed E-state index contributed by atoms with van der Waals surface area (Å²) in [4.78, 5) is 16.6. The van der Waals surface area contributed by atoms with Gasteiger partial charge in [-0.15, -0.1) is 0 Å². The van der Waals surface area contributed by atoms with E-state index >= 15 is 0 Å². The highest BCUT2D eigenvalue weighted by molar-refractivity contribution is 6.42. The Balaban J connectivity index is 1.90. The number of benzene rings is 2. The van der Waals surface area contributed by atoms with Gasteiger partial charge >= 0.3 is 5.97 Å². The third-order valence-electron chi connectivity index (χ3n) is 2.50. The largest absolute Gasteiger partial charge is 0.399 e. The maximum absolute atomic E-state index is 11.7. The number of rotatable bonds is 4. The molecular weight excluding hydrogens is 299 g/mol. The monoisotopic (exact) mass is 310 g/mol. The van der Waals surface area contributed by atoms with Gasteiger partial charge in [-0.3, -0.25) is 0 Å². The molecule has 104 valence electrons. The van der Waals surface area contributed by atoms with Crippen molar-refractivity contribution in [1.29, 1.82) is 0 Å². The Hall–Kier alpha value is -1.91. The summed E-state index contributed by atoms with van der Waals surface area (Å²) in [6.45, 7) is 0. The topological polar surface area (TPSA) is 64.4 Å². The Labute approximate surface area is 126 Å². The molecule has 0 fully saturated rings. The number of carbonyl (C=O) groups is 1. The van der Waals surface area contributed by atoms with E-state index in [1.54, 1.807) is 42.5 Å². The number of hydrogen-bond donors (Lipinski definition) is 2. The molecule has 0 unspecified atom stereocenters. The van der Waals surface area contributed by atoms with Gasteiger partial charge in [0.2, 0.25) is 0 Å². The SMILES string of the molecule is Nc1cccc(CC(=O)ONc2ccc(Cl)c(Cl)c2)c1. The van der Waals surface area contributed by atoms with Crippen molar-refractivity contribution >= 4 is 40.5 Å². The van der Waals surface area contributed by atoms with E-state index in [9.17, 15) is 4.79 Å². The fourth-order valence-corrected chi connectivity index (χ4v) is 1.88. The summed E-state index contributed by atoms with van der Waals surface area (Å²) in [6.07, 6.45) is 0.124. The predicted molar refractivity (Wildman–Crippen MR) is 80.7 cm³/mol. The highest BCUT2D eigenvalue weighted by atomic mass is 35.5. The third kappa shape index (κ3) is 4.05. The van der Waals surface area contributed by atoms with E-state index in [-0.39, 0.29) is 6.42 Å². The number of hydrogen-bond acceptors (Lipinski definition) is 4. The van der Waals surface area contributed by atoms with Gasteiger partial charge in [0, 0.05) is 5.69 Å². The lowest BCUT2D eigenvalue weighted by Gasteiger charge is -2.08. The van der Waals surface area contributed by atoms with Crippen LogP contribution in [0.2, 0.25) is 10.0 Å². The first kappa shape index (κ1) is 14.5. The molecular formula is C14H12Cl2N2O2. The number of nitrogens with two attached hydrogens (primary N) is 1. The van der Waals surface area contributed by atoms with E-state index in [0.717, 1.165) is 5.56 Å². The highest BCUT2D eigenvalue weighted by Gasteiger charge is 2.06. The first-order chi connectivity index (χ1) is 9.54. The van der Waals surface area contributed by atoms with E-state index in [0.29, 0.717) is 21.4 Å². The van der Waals surface area contributed by atoms with Crippen LogP contribution in [0.4, 0.5) is 11.4 Å². The zero-order chi connectivity index (χ0) is 14.5. The van der Waals surface area contributed by atoms with Crippen LogP contribution in [0, 0.1) is 0 Å². The Morgan fingerprint density at radius 2 is 1.95 bits per heavy atom. The molecule has 3 N–H and O–H groups in total. The molecule has 0 saturated heterocycles. The molecule has 0 aliphatic rings. The van der Waals surface area contributed by atoms with Crippen molar-refractivity contribution in [3.8, 4) is 0 Å². The molecule has 0 aromatic heterocycles. The Bertz CT molecular complexity index is 632. The summed E-state index contributed by atoms with van der Waals surface area (Å²) >= 11 is 11.6. The molecule has 2 aromatic carbocycles.